The molecule has 0 radical (unpaired) electrons. The molecule has 2 aromatic rings. The van der Waals surface area contributed by atoms with Crippen LogP contribution in [0.3, 0.4) is 0 Å². The van der Waals surface area contributed by atoms with Gasteiger partial charge in [-0.3, -0.25) is 9.59 Å². The molecular weight excluding hydrogens is 252 g/mol. The Morgan fingerprint density at radius 3 is 2.47 bits per heavy atom. The fraction of sp³-hybridized carbons (Fsp3) is 0.273. The second-order valence-corrected chi connectivity index (χ2v) is 4.00. The third-order valence-electron chi connectivity index (χ3n) is 2.58. The summed E-state index contributed by atoms with van der Waals surface area (Å²) in [5.74, 6) is -2.00. The van der Waals surface area contributed by atoms with Gasteiger partial charge in [0.15, 0.2) is 5.82 Å². The number of anilines is 1. The molecule has 0 saturated carbocycles. The lowest BCUT2D eigenvalue weighted by Crippen LogP contribution is -2.35. The first-order chi connectivity index (χ1) is 8.99. The number of imidazole rings is 1. The van der Waals surface area contributed by atoms with E-state index in [1.54, 1.807) is 24.0 Å². The summed E-state index contributed by atoms with van der Waals surface area (Å²) in [6.45, 7) is -0.899. The minimum absolute atomic E-state index is 0.253. The fourth-order valence-corrected chi connectivity index (χ4v) is 1.81. The molecule has 0 aliphatic heterocycles. The predicted molar refractivity (Wildman–Crippen MR) is 66.0 cm³/mol. The summed E-state index contributed by atoms with van der Waals surface area (Å²) in [5.41, 5.74) is 1.23. The van der Waals surface area contributed by atoms with Crippen molar-refractivity contribution in [2.24, 2.45) is 7.05 Å². The highest BCUT2D eigenvalue weighted by molar-refractivity contribution is 5.90. The van der Waals surface area contributed by atoms with E-state index in [4.69, 9.17) is 10.2 Å². The Morgan fingerprint density at radius 1 is 1.26 bits per heavy atom. The van der Waals surface area contributed by atoms with Gasteiger partial charge in [-0.2, -0.15) is 0 Å². The lowest BCUT2D eigenvalue weighted by molar-refractivity contribution is -0.136. The van der Waals surface area contributed by atoms with E-state index >= 15 is 0 Å². The smallest absolute Gasteiger partial charge is 0.323 e. The number of nitrogens with zero attached hydrogens (tertiary/aromatic N) is 4. The van der Waals surface area contributed by atoms with Crippen LogP contribution in [0.2, 0.25) is 0 Å². The number of carbonyl (C=O) groups is 2. The van der Waals surface area contributed by atoms with Gasteiger partial charge in [0.05, 0.1) is 11.8 Å². The Balaban J connectivity index is 2.48. The SMILES string of the molecule is Cn1cnc2c(N(CC(=O)O)CC(=O)O)nccc21. The molecule has 0 aliphatic rings. The molecule has 0 bridgehead atoms. The Bertz CT molecular complexity index is 621. The zero-order valence-corrected chi connectivity index (χ0v) is 10.1. The number of pyridine rings is 1. The summed E-state index contributed by atoms with van der Waals surface area (Å²) in [7, 11) is 1.79. The lowest BCUT2D eigenvalue weighted by atomic mass is 10.3. The Labute approximate surface area is 107 Å². The molecule has 0 spiro atoms. The van der Waals surface area contributed by atoms with Crippen molar-refractivity contribution in [3.8, 4) is 0 Å². The Kier molecular flexibility index (Phi) is 3.32. The van der Waals surface area contributed by atoms with Crippen LogP contribution in [0.25, 0.3) is 11.0 Å². The molecule has 0 saturated heterocycles. The highest BCUT2D eigenvalue weighted by Gasteiger charge is 2.19. The maximum absolute atomic E-state index is 10.8. The molecule has 8 heteroatoms. The molecule has 19 heavy (non-hydrogen) atoms. The quantitative estimate of drug-likeness (QED) is 0.778. The molecule has 0 aliphatic carbocycles. The van der Waals surface area contributed by atoms with Crippen LogP contribution < -0.4 is 4.90 Å². The van der Waals surface area contributed by atoms with E-state index in [0.29, 0.717) is 5.52 Å². The number of hydrogen-bond acceptors (Lipinski definition) is 5. The largest absolute Gasteiger partial charge is 0.480 e. The number of carboxylic acid groups (broad SMARTS) is 2. The highest BCUT2D eigenvalue weighted by Crippen LogP contribution is 2.22. The summed E-state index contributed by atoms with van der Waals surface area (Å²) >= 11 is 0. The monoisotopic (exact) mass is 264 g/mol. The third-order valence-corrected chi connectivity index (χ3v) is 2.58. The first-order valence-corrected chi connectivity index (χ1v) is 5.43. The van der Waals surface area contributed by atoms with Gasteiger partial charge in [0.25, 0.3) is 0 Å². The number of aryl methyl sites for hydroxylation is 1. The van der Waals surface area contributed by atoms with Gasteiger partial charge in [-0.25, -0.2) is 9.97 Å². The molecule has 100 valence electrons. The summed E-state index contributed by atoms with van der Waals surface area (Å²) in [6, 6.07) is 1.73. The topological polar surface area (TPSA) is 109 Å². The van der Waals surface area contributed by atoms with Crippen LogP contribution in [0.5, 0.6) is 0 Å². The van der Waals surface area contributed by atoms with Crippen molar-refractivity contribution in [3.63, 3.8) is 0 Å². The maximum atomic E-state index is 10.8. The summed E-state index contributed by atoms with van der Waals surface area (Å²) < 4.78 is 1.75. The minimum Gasteiger partial charge on any atom is -0.480 e. The second kappa shape index (κ2) is 4.92. The molecule has 0 fully saturated rings. The van der Waals surface area contributed by atoms with Crippen molar-refractivity contribution in [3.05, 3.63) is 18.6 Å². The first kappa shape index (κ1) is 12.8. The summed E-state index contributed by atoms with van der Waals surface area (Å²) in [5, 5.41) is 17.7. The molecule has 2 rings (SSSR count). The summed E-state index contributed by atoms with van der Waals surface area (Å²) in [4.78, 5) is 31.0. The van der Waals surface area contributed by atoms with E-state index in [0.717, 1.165) is 5.52 Å². The van der Waals surface area contributed by atoms with Crippen molar-refractivity contribution in [1.29, 1.82) is 0 Å². The van der Waals surface area contributed by atoms with Crippen LogP contribution in [0.1, 0.15) is 0 Å². The van der Waals surface area contributed by atoms with Crippen molar-refractivity contribution < 1.29 is 19.8 Å². The maximum Gasteiger partial charge on any atom is 0.323 e. The molecule has 8 nitrogen and oxygen atoms in total. The number of aliphatic carboxylic acids is 2. The van der Waals surface area contributed by atoms with Gasteiger partial charge in [-0.15, -0.1) is 0 Å². The van der Waals surface area contributed by atoms with Crippen molar-refractivity contribution in [1.82, 2.24) is 14.5 Å². The molecule has 2 N–H and O–H groups in total. The molecule has 2 heterocycles. The highest BCUT2D eigenvalue weighted by atomic mass is 16.4. The molecule has 0 amide bonds. The zero-order valence-electron chi connectivity index (χ0n) is 10.1. The molecule has 2 aromatic heterocycles. The molecule has 0 unspecified atom stereocenters. The predicted octanol–water partition coefficient (Wildman–Crippen LogP) is -0.0561. The Hall–Kier alpha value is -2.64. The number of hydrogen-bond donors (Lipinski definition) is 2. The Morgan fingerprint density at radius 2 is 1.89 bits per heavy atom. The zero-order chi connectivity index (χ0) is 14.0. The van der Waals surface area contributed by atoms with E-state index < -0.39 is 25.0 Å². The normalized spacial score (nSPS) is 10.6. The van der Waals surface area contributed by atoms with Crippen LogP contribution in [0.4, 0.5) is 5.82 Å². The van der Waals surface area contributed by atoms with Crippen LogP contribution in [0.15, 0.2) is 18.6 Å². The first-order valence-electron chi connectivity index (χ1n) is 5.43. The van der Waals surface area contributed by atoms with Crippen molar-refractivity contribution in [2.45, 2.75) is 0 Å². The molecular formula is C11H12N4O4. The van der Waals surface area contributed by atoms with E-state index in [1.807, 2.05) is 0 Å². The van der Waals surface area contributed by atoms with Gasteiger partial charge in [-0.1, -0.05) is 0 Å². The number of carboxylic acids is 2. The van der Waals surface area contributed by atoms with Gasteiger partial charge in [-0.05, 0) is 6.07 Å². The van der Waals surface area contributed by atoms with E-state index in [2.05, 4.69) is 9.97 Å². The number of fused-ring (bicyclic) bond motifs is 1. The van der Waals surface area contributed by atoms with Gasteiger partial charge in [0.1, 0.15) is 18.6 Å². The van der Waals surface area contributed by atoms with Gasteiger partial charge in [0.2, 0.25) is 0 Å². The van der Waals surface area contributed by atoms with Crippen LogP contribution in [0, 0.1) is 0 Å². The lowest BCUT2D eigenvalue weighted by Gasteiger charge is -2.19. The van der Waals surface area contributed by atoms with Crippen LogP contribution in [-0.4, -0.2) is 49.8 Å². The average molecular weight is 264 g/mol. The van der Waals surface area contributed by atoms with Crippen LogP contribution in [-0.2, 0) is 16.6 Å². The average Bonchev–Trinajstić information content (AvgIpc) is 2.69. The third kappa shape index (κ3) is 2.62. The van der Waals surface area contributed by atoms with E-state index in [9.17, 15) is 9.59 Å². The minimum atomic E-state index is -1.13. The number of aromatic nitrogens is 3. The van der Waals surface area contributed by atoms with Crippen LogP contribution >= 0.6 is 0 Å². The van der Waals surface area contributed by atoms with Gasteiger partial charge >= 0.3 is 11.9 Å². The van der Waals surface area contributed by atoms with Gasteiger partial charge < -0.3 is 19.7 Å². The van der Waals surface area contributed by atoms with E-state index in [-0.39, 0.29) is 5.82 Å². The van der Waals surface area contributed by atoms with Crippen molar-refractivity contribution >= 4 is 28.8 Å². The summed E-state index contributed by atoms with van der Waals surface area (Å²) in [6.07, 6.45) is 3.06. The molecule has 0 atom stereocenters. The second-order valence-electron chi connectivity index (χ2n) is 4.00. The standard InChI is InChI=1S/C11H12N4O4/c1-14-6-13-10-7(14)2-3-12-11(10)15(4-8(16)17)5-9(18)19/h2-3,6H,4-5H2,1H3,(H,16,17)(H,18,19). The van der Waals surface area contributed by atoms with Gasteiger partial charge in [0, 0.05) is 13.2 Å². The van der Waals surface area contributed by atoms with Crippen molar-refractivity contribution in [2.75, 3.05) is 18.0 Å². The fourth-order valence-electron chi connectivity index (χ4n) is 1.81. The van der Waals surface area contributed by atoms with E-state index in [1.165, 1.54) is 11.1 Å². The molecule has 0 aromatic carbocycles. The number of rotatable bonds is 5.